The van der Waals surface area contributed by atoms with E-state index in [1.807, 2.05) is 18.2 Å². The molecule has 0 atom stereocenters. The van der Waals surface area contributed by atoms with Crippen molar-refractivity contribution in [3.63, 3.8) is 0 Å². The van der Waals surface area contributed by atoms with Crippen molar-refractivity contribution in [3.05, 3.63) is 52.5 Å². The molecule has 2 rings (SSSR count). The lowest BCUT2D eigenvalue weighted by Crippen LogP contribution is -2.01. The van der Waals surface area contributed by atoms with E-state index in [-0.39, 0.29) is 4.90 Å². The van der Waals surface area contributed by atoms with Gasteiger partial charge in [0.2, 0.25) is 0 Å². The number of ether oxygens (including phenoxy) is 1. The number of halogens is 1. The van der Waals surface area contributed by atoms with Gasteiger partial charge in [-0.1, -0.05) is 22.0 Å². The number of hydrogen-bond donors (Lipinski definition) is 1. The minimum absolute atomic E-state index is 0.262. The van der Waals surface area contributed by atoms with Crippen molar-refractivity contribution >= 4 is 25.8 Å². The van der Waals surface area contributed by atoms with Gasteiger partial charge in [0.1, 0.15) is 11.5 Å². The van der Waals surface area contributed by atoms with Crippen molar-refractivity contribution in [3.8, 4) is 11.5 Å². The smallest absolute Gasteiger partial charge is 0.175 e. The Hall–Kier alpha value is -1.37. The Bertz CT molecular complexity index is 712. The molecule has 2 aromatic carbocycles. The fourth-order valence-corrected chi connectivity index (χ4v) is 2.85. The Balaban J connectivity index is 2.29. The molecule has 106 valence electrons. The Morgan fingerprint density at radius 2 is 1.80 bits per heavy atom. The molecule has 20 heavy (non-hydrogen) atoms. The van der Waals surface area contributed by atoms with Gasteiger partial charge in [0.05, 0.1) is 4.90 Å². The van der Waals surface area contributed by atoms with Crippen LogP contribution < -0.4 is 10.5 Å². The fraction of sp³-hybridized carbons (Fsp3) is 0.143. The normalized spacial score (nSPS) is 11.3. The van der Waals surface area contributed by atoms with Crippen molar-refractivity contribution in [2.24, 2.45) is 5.73 Å². The molecule has 0 aromatic heterocycles. The van der Waals surface area contributed by atoms with Crippen LogP contribution in [-0.4, -0.2) is 14.7 Å². The van der Waals surface area contributed by atoms with Gasteiger partial charge in [-0.25, -0.2) is 8.42 Å². The molecule has 0 aliphatic carbocycles. The topological polar surface area (TPSA) is 69.4 Å². The molecular weight excluding hydrogens is 342 g/mol. The molecule has 4 nitrogen and oxygen atoms in total. The average Bonchev–Trinajstić information content (AvgIpc) is 2.38. The average molecular weight is 356 g/mol. The second-order valence-corrected chi connectivity index (χ2v) is 7.14. The quantitative estimate of drug-likeness (QED) is 0.914. The summed E-state index contributed by atoms with van der Waals surface area (Å²) in [7, 11) is -3.20. The first-order chi connectivity index (χ1) is 9.41. The molecule has 2 N–H and O–H groups in total. The number of rotatable bonds is 4. The number of sulfone groups is 1. The maximum atomic E-state index is 11.4. The van der Waals surface area contributed by atoms with Gasteiger partial charge in [-0.2, -0.15) is 0 Å². The molecule has 0 saturated heterocycles. The molecule has 0 aliphatic rings. The van der Waals surface area contributed by atoms with Gasteiger partial charge in [-0.05, 0) is 36.4 Å². The van der Waals surface area contributed by atoms with Gasteiger partial charge in [-0.15, -0.1) is 0 Å². The lowest BCUT2D eigenvalue weighted by atomic mass is 10.2. The van der Waals surface area contributed by atoms with Crippen molar-refractivity contribution in [2.45, 2.75) is 11.4 Å². The van der Waals surface area contributed by atoms with Crippen LogP contribution in [-0.2, 0) is 16.4 Å². The minimum atomic E-state index is -3.20. The predicted molar refractivity (Wildman–Crippen MR) is 81.7 cm³/mol. The van der Waals surface area contributed by atoms with E-state index in [2.05, 4.69) is 15.9 Å². The zero-order chi connectivity index (χ0) is 14.8. The van der Waals surface area contributed by atoms with Gasteiger partial charge < -0.3 is 10.5 Å². The molecular formula is C14H14BrNO3S. The van der Waals surface area contributed by atoms with Gasteiger partial charge >= 0.3 is 0 Å². The third kappa shape index (κ3) is 3.39. The second kappa shape index (κ2) is 5.95. The lowest BCUT2D eigenvalue weighted by Gasteiger charge is -2.11. The Morgan fingerprint density at radius 3 is 2.35 bits per heavy atom. The van der Waals surface area contributed by atoms with Gasteiger partial charge in [0.25, 0.3) is 0 Å². The molecule has 0 unspecified atom stereocenters. The van der Waals surface area contributed by atoms with Crippen molar-refractivity contribution < 1.29 is 13.2 Å². The van der Waals surface area contributed by atoms with Crippen LogP contribution in [0.2, 0.25) is 0 Å². The zero-order valence-electron chi connectivity index (χ0n) is 10.8. The van der Waals surface area contributed by atoms with E-state index in [0.29, 0.717) is 18.0 Å². The minimum Gasteiger partial charge on any atom is -0.457 e. The summed E-state index contributed by atoms with van der Waals surface area (Å²) in [5, 5.41) is 0. The van der Waals surface area contributed by atoms with Crippen LogP contribution in [0.1, 0.15) is 5.56 Å². The largest absolute Gasteiger partial charge is 0.457 e. The van der Waals surface area contributed by atoms with Crippen LogP contribution in [0, 0.1) is 0 Å². The van der Waals surface area contributed by atoms with Crippen LogP contribution in [0.5, 0.6) is 11.5 Å². The van der Waals surface area contributed by atoms with Gasteiger partial charge in [0, 0.05) is 22.8 Å². The van der Waals surface area contributed by atoms with Crippen LogP contribution in [0.15, 0.2) is 51.8 Å². The Kier molecular flexibility index (Phi) is 4.47. The highest BCUT2D eigenvalue weighted by Gasteiger charge is 2.09. The lowest BCUT2D eigenvalue weighted by molar-refractivity contribution is 0.475. The SMILES string of the molecule is CS(=O)(=O)c1ccc(Oc2cccc(Br)c2CN)cc1. The molecule has 0 radical (unpaired) electrons. The summed E-state index contributed by atoms with van der Waals surface area (Å²) < 4.78 is 29.4. The summed E-state index contributed by atoms with van der Waals surface area (Å²) in [5.41, 5.74) is 6.56. The van der Waals surface area contributed by atoms with Crippen molar-refractivity contribution in [2.75, 3.05) is 6.26 Å². The number of hydrogen-bond acceptors (Lipinski definition) is 4. The van der Waals surface area contributed by atoms with E-state index < -0.39 is 9.84 Å². The van der Waals surface area contributed by atoms with Crippen LogP contribution in [0.25, 0.3) is 0 Å². The summed E-state index contributed by atoms with van der Waals surface area (Å²) in [6, 6.07) is 11.8. The zero-order valence-corrected chi connectivity index (χ0v) is 13.2. The molecule has 0 bridgehead atoms. The van der Waals surface area contributed by atoms with E-state index in [1.54, 1.807) is 12.1 Å². The molecule has 0 heterocycles. The first kappa shape index (κ1) is 15.0. The standard InChI is InChI=1S/C14H14BrNO3S/c1-20(17,18)11-7-5-10(6-8-11)19-14-4-2-3-13(15)12(14)9-16/h2-8H,9,16H2,1H3. The Labute approximate surface area is 126 Å². The summed E-state index contributed by atoms with van der Waals surface area (Å²) in [4.78, 5) is 0.262. The predicted octanol–water partition coefficient (Wildman–Crippen LogP) is 3.10. The maximum absolute atomic E-state index is 11.4. The molecule has 0 saturated carbocycles. The number of benzene rings is 2. The molecule has 0 fully saturated rings. The first-order valence-electron chi connectivity index (χ1n) is 5.87. The second-order valence-electron chi connectivity index (χ2n) is 4.27. The first-order valence-corrected chi connectivity index (χ1v) is 8.55. The molecule has 0 spiro atoms. The highest BCUT2D eigenvalue weighted by molar-refractivity contribution is 9.10. The van der Waals surface area contributed by atoms with E-state index in [0.717, 1.165) is 10.0 Å². The van der Waals surface area contributed by atoms with Crippen LogP contribution in [0.4, 0.5) is 0 Å². The number of nitrogens with two attached hydrogens (primary N) is 1. The Morgan fingerprint density at radius 1 is 1.15 bits per heavy atom. The van der Waals surface area contributed by atoms with Crippen molar-refractivity contribution in [1.29, 1.82) is 0 Å². The van der Waals surface area contributed by atoms with E-state index in [1.165, 1.54) is 18.4 Å². The van der Waals surface area contributed by atoms with Crippen LogP contribution >= 0.6 is 15.9 Å². The van der Waals surface area contributed by atoms with Crippen LogP contribution in [0.3, 0.4) is 0 Å². The molecule has 6 heteroatoms. The van der Waals surface area contributed by atoms with E-state index in [4.69, 9.17) is 10.5 Å². The third-order valence-corrected chi connectivity index (χ3v) is 4.63. The summed E-state index contributed by atoms with van der Waals surface area (Å²) in [5.74, 6) is 1.21. The summed E-state index contributed by atoms with van der Waals surface area (Å²) in [6.45, 7) is 0.345. The summed E-state index contributed by atoms with van der Waals surface area (Å²) in [6.07, 6.45) is 1.17. The van der Waals surface area contributed by atoms with E-state index >= 15 is 0 Å². The van der Waals surface area contributed by atoms with Gasteiger partial charge in [-0.3, -0.25) is 0 Å². The maximum Gasteiger partial charge on any atom is 0.175 e. The molecule has 2 aromatic rings. The highest BCUT2D eigenvalue weighted by atomic mass is 79.9. The summed E-state index contributed by atoms with van der Waals surface area (Å²) >= 11 is 3.42. The van der Waals surface area contributed by atoms with Crippen molar-refractivity contribution in [1.82, 2.24) is 0 Å². The van der Waals surface area contributed by atoms with Gasteiger partial charge in [0.15, 0.2) is 9.84 Å². The fourth-order valence-electron chi connectivity index (χ4n) is 1.71. The van der Waals surface area contributed by atoms with E-state index in [9.17, 15) is 8.42 Å². The molecule has 0 aliphatic heterocycles. The third-order valence-electron chi connectivity index (χ3n) is 2.76. The monoisotopic (exact) mass is 355 g/mol. The molecule has 0 amide bonds. The highest BCUT2D eigenvalue weighted by Crippen LogP contribution is 2.30.